The van der Waals surface area contributed by atoms with Gasteiger partial charge in [0.05, 0.1) is 19.9 Å². The van der Waals surface area contributed by atoms with E-state index in [0.717, 1.165) is 7.11 Å². The van der Waals surface area contributed by atoms with Gasteiger partial charge in [0, 0.05) is 0 Å². The lowest BCUT2D eigenvalue weighted by Crippen LogP contribution is -2.42. The lowest BCUT2D eigenvalue weighted by atomic mass is 10.1. The van der Waals surface area contributed by atoms with Gasteiger partial charge >= 0.3 is 17.7 Å². The van der Waals surface area contributed by atoms with Gasteiger partial charge in [-0.15, -0.1) is 0 Å². The highest BCUT2D eigenvalue weighted by Crippen LogP contribution is 2.42. The second-order valence-electron chi connectivity index (χ2n) is 4.57. The second-order valence-corrected chi connectivity index (χ2v) is 4.57. The van der Waals surface area contributed by atoms with Crippen LogP contribution in [0, 0.1) is 5.82 Å². The van der Waals surface area contributed by atoms with Gasteiger partial charge in [-0.05, 0) is 0 Å². The van der Waals surface area contributed by atoms with Crippen molar-refractivity contribution in [2.24, 2.45) is 0 Å². The van der Waals surface area contributed by atoms with Gasteiger partial charge in [0.15, 0.2) is 17.7 Å². The van der Waals surface area contributed by atoms with Gasteiger partial charge in [-0.1, -0.05) is 0 Å². The number of nitrogens with one attached hydrogen (secondary N) is 1. The number of anilines is 1. The maximum absolute atomic E-state index is 13.9. The van der Waals surface area contributed by atoms with Gasteiger partial charge in [0.25, 0.3) is 0 Å². The van der Waals surface area contributed by atoms with E-state index in [2.05, 4.69) is 9.72 Å². The molecule has 1 amide bonds. The summed E-state index contributed by atoms with van der Waals surface area (Å²) < 4.78 is 50.6. The summed E-state index contributed by atoms with van der Waals surface area (Å²) in [6, 6.07) is 0. The topological polar surface area (TPSA) is 123 Å². The second kappa shape index (κ2) is 6.14. The summed E-state index contributed by atoms with van der Waals surface area (Å²) in [5.41, 5.74) is -1.37. The van der Waals surface area contributed by atoms with E-state index in [1.54, 1.807) is 5.32 Å². The van der Waals surface area contributed by atoms with Gasteiger partial charge in [-0.3, -0.25) is 9.88 Å². The van der Waals surface area contributed by atoms with Crippen molar-refractivity contribution in [3.8, 4) is 0 Å². The highest BCUT2D eigenvalue weighted by atomic mass is 19.3. The number of hydrogen-bond donors (Lipinski definition) is 3. The molecule has 9 nitrogen and oxygen atoms in total. The first-order valence-corrected chi connectivity index (χ1v) is 6.18. The summed E-state index contributed by atoms with van der Waals surface area (Å²) in [6.45, 7) is -0.931. The molecule has 23 heavy (non-hydrogen) atoms. The first-order valence-electron chi connectivity index (χ1n) is 6.18. The average molecular weight is 339 g/mol. The van der Waals surface area contributed by atoms with Crippen LogP contribution in [0.3, 0.4) is 0 Å². The molecule has 0 spiro atoms. The molecule has 3 atom stereocenters. The highest BCUT2D eigenvalue weighted by molar-refractivity contribution is 5.83. The number of aliphatic hydroxyl groups is 2. The van der Waals surface area contributed by atoms with Crippen molar-refractivity contribution in [2.45, 2.75) is 24.4 Å². The molecule has 0 radical (unpaired) electrons. The Morgan fingerprint density at radius 2 is 2.26 bits per heavy atom. The lowest BCUT2D eigenvalue weighted by Gasteiger charge is -2.21. The molecular weight excluding hydrogens is 327 g/mol. The Kier molecular flexibility index (Phi) is 4.58. The molecule has 1 saturated heterocycles. The largest absolute Gasteiger partial charge is 0.453 e. The van der Waals surface area contributed by atoms with Crippen molar-refractivity contribution < 1.29 is 37.7 Å². The molecule has 128 valence electrons. The third-order valence-corrected chi connectivity index (χ3v) is 3.12. The Morgan fingerprint density at radius 1 is 1.61 bits per heavy atom. The quantitative estimate of drug-likeness (QED) is 0.675. The van der Waals surface area contributed by atoms with Crippen molar-refractivity contribution in [1.29, 1.82) is 0 Å². The zero-order valence-electron chi connectivity index (χ0n) is 11.6. The van der Waals surface area contributed by atoms with E-state index in [4.69, 9.17) is 9.84 Å². The monoisotopic (exact) mass is 339 g/mol. The van der Waals surface area contributed by atoms with Crippen LogP contribution in [-0.2, 0) is 9.47 Å². The predicted molar refractivity (Wildman–Crippen MR) is 66.4 cm³/mol. The summed E-state index contributed by atoms with van der Waals surface area (Å²) >= 11 is 0. The molecule has 1 aromatic rings. The van der Waals surface area contributed by atoms with Crippen molar-refractivity contribution in [3.05, 3.63) is 22.5 Å². The molecular formula is C11H12F3N3O6. The van der Waals surface area contributed by atoms with E-state index < -0.39 is 54.4 Å². The number of alkyl halides is 2. The summed E-state index contributed by atoms with van der Waals surface area (Å²) in [7, 11) is 0.984. The molecule has 1 aromatic heterocycles. The molecule has 0 unspecified atom stereocenters. The molecule has 1 aliphatic rings. The minimum absolute atomic E-state index is 0.122. The Labute approximate surface area is 126 Å². The Morgan fingerprint density at radius 3 is 2.78 bits per heavy atom. The summed E-state index contributed by atoms with van der Waals surface area (Å²) in [6.07, 6.45) is -7.19. The number of nitrogens with zero attached hydrogens (tertiary/aromatic N) is 2. The first-order chi connectivity index (χ1) is 10.7. The molecule has 0 bridgehead atoms. The number of ether oxygens (including phenoxy) is 2. The van der Waals surface area contributed by atoms with E-state index in [9.17, 15) is 27.9 Å². The molecule has 1 fully saturated rings. The third kappa shape index (κ3) is 3.00. The van der Waals surface area contributed by atoms with Gasteiger partial charge in [-0.25, -0.2) is 14.0 Å². The van der Waals surface area contributed by atoms with Gasteiger partial charge in [0.1, 0.15) is 6.10 Å². The molecule has 2 rings (SSSR count). The Balaban J connectivity index is 2.40. The SMILES string of the molecule is COC(=O)Nc1nc(=O)n([C@@H]2O[C@H](CO)[C@@H](O)C2(F)F)cc1F. The van der Waals surface area contributed by atoms with E-state index >= 15 is 0 Å². The normalized spacial score (nSPS) is 26.1. The van der Waals surface area contributed by atoms with Crippen molar-refractivity contribution in [1.82, 2.24) is 9.55 Å². The third-order valence-electron chi connectivity index (χ3n) is 3.12. The summed E-state index contributed by atoms with van der Waals surface area (Å²) in [4.78, 5) is 25.8. The molecule has 12 heteroatoms. The van der Waals surface area contributed by atoms with Crippen LogP contribution in [-0.4, -0.2) is 57.7 Å². The Hall–Kier alpha value is -2.18. The number of hydrogen-bond acceptors (Lipinski definition) is 7. The van der Waals surface area contributed by atoms with Crippen LogP contribution in [0.4, 0.5) is 23.8 Å². The van der Waals surface area contributed by atoms with Gasteiger partial charge < -0.3 is 19.7 Å². The van der Waals surface area contributed by atoms with E-state index in [-0.39, 0.29) is 4.57 Å². The summed E-state index contributed by atoms with van der Waals surface area (Å²) in [5.74, 6) is -6.10. The van der Waals surface area contributed by atoms with Crippen LogP contribution in [0.15, 0.2) is 11.0 Å². The number of rotatable bonds is 3. The zero-order valence-corrected chi connectivity index (χ0v) is 11.6. The van der Waals surface area contributed by atoms with Crippen LogP contribution < -0.4 is 11.0 Å². The molecule has 0 aliphatic carbocycles. The summed E-state index contributed by atoms with van der Waals surface area (Å²) in [5, 5.41) is 20.0. The molecule has 3 N–H and O–H groups in total. The number of carbonyl (C=O) groups is 1. The lowest BCUT2D eigenvalue weighted by molar-refractivity contribution is -0.141. The van der Waals surface area contributed by atoms with E-state index in [1.165, 1.54) is 0 Å². The number of aliphatic hydroxyl groups excluding tert-OH is 2. The van der Waals surface area contributed by atoms with Crippen LogP contribution in [0.5, 0.6) is 0 Å². The standard InChI is InChI=1S/C11H12F3N3O6/c1-22-10(21)16-7-4(12)2-17(9(20)15-7)8-11(13,14)6(19)5(3-18)23-8/h2,5-6,8,18-19H,3H2,1H3,(H,15,16,20,21)/t5-,6-,8-/m1/s1. The Bertz CT molecular complexity index is 667. The van der Waals surface area contributed by atoms with Crippen LogP contribution in [0.2, 0.25) is 0 Å². The van der Waals surface area contributed by atoms with E-state index in [1.807, 2.05) is 0 Å². The highest BCUT2D eigenvalue weighted by Gasteiger charge is 2.59. The molecule has 0 saturated carbocycles. The van der Waals surface area contributed by atoms with Crippen LogP contribution >= 0.6 is 0 Å². The van der Waals surface area contributed by atoms with E-state index in [0.29, 0.717) is 6.20 Å². The van der Waals surface area contributed by atoms with Crippen molar-refractivity contribution in [2.75, 3.05) is 19.0 Å². The van der Waals surface area contributed by atoms with Gasteiger partial charge in [-0.2, -0.15) is 13.8 Å². The maximum Gasteiger partial charge on any atom is 0.412 e. The number of amides is 1. The fourth-order valence-electron chi connectivity index (χ4n) is 1.97. The molecule has 2 heterocycles. The number of halogens is 3. The smallest absolute Gasteiger partial charge is 0.412 e. The number of methoxy groups -OCH3 is 1. The van der Waals surface area contributed by atoms with Gasteiger partial charge in [0.2, 0.25) is 6.23 Å². The minimum atomic E-state index is -3.97. The first kappa shape index (κ1) is 17.2. The average Bonchev–Trinajstić information content (AvgIpc) is 2.73. The minimum Gasteiger partial charge on any atom is -0.453 e. The molecule has 1 aliphatic heterocycles. The van der Waals surface area contributed by atoms with Crippen LogP contribution in [0.25, 0.3) is 0 Å². The zero-order chi connectivity index (χ0) is 17.4. The number of carbonyl (C=O) groups excluding carboxylic acids is 1. The van der Waals surface area contributed by atoms with Crippen molar-refractivity contribution in [3.63, 3.8) is 0 Å². The fourth-order valence-corrected chi connectivity index (χ4v) is 1.97. The number of aromatic nitrogens is 2. The van der Waals surface area contributed by atoms with Crippen molar-refractivity contribution >= 4 is 11.9 Å². The predicted octanol–water partition coefficient (Wildman–Crippen LogP) is -0.553. The molecule has 0 aromatic carbocycles. The maximum atomic E-state index is 13.9. The fraction of sp³-hybridized carbons (Fsp3) is 0.545. The van der Waals surface area contributed by atoms with Crippen LogP contribution in [0.1, 0.15) is 6.23 Å².